The van der Waals surface area contributed by atoms with Gasteiger partial charge in [0.1, 0.15) is 5.82 Å². The molecule has 0 aromatic carbocycles. The molecule has 1 saturated heterocycles. The monoisotopic (exact) mass is 290 g/mol. The van der Waals surface area contributed by atoms with Gasteiger partial charge in [-0.2, -0.15) is 0 Å². The highest BCUT2D eigenvalue weighted by Crippen LogP contribution is 2.27. The average Bonchev–Trinajstić information content (AvgIpc) is 2.86. The lowest BCUT2D eigenvalue weighted by molar-refractivity contribution is 0.371. The fraction of sp³-hybridized carbons (Fsp3) is 0.706. The SMILES string of the molecule is CNCc1cc(C(C)C)nc(N2CCCC2CN(C)C)c1. The highest BCUT2D eigenvalue weighted by atomic mass is 15.3. The number of aromatic nitrogens is 1. The van der Waals surface area contributed by atoms with Gasteiger partial charge in [-0.25, -0.2) is 4.98 Å². The lowest BCUT2D eigenvalue weighted by Crippen LogP contribution is -2.38. The van der Waals surface area contributed by atoms with Crippen LogP contribution in [-0.2, 0) is 6.54 Å². The first-order valence-electron chi connectivity index (χ1n) is 8.08. The molecule has 0 bridgehead atoms. The van der Waals surface area contributed by atoms with Gasteiger partial charge >= 0.3 is 0 Å². The van der Waals surface area contributed by atoms with Crippen LogP contribution in [0.25, 0.3) is 0 Å². The summed E-state index contributed by atoms with van der Waals surface area (Å²) in [7, 11) is 6.31. The van der Waals surface area contributed by atoms with Crippen LogP contribution in [0.1, 0.15) is 43.9 Å². The van der Waals surface area contributed by atoms with Gasteiger partial charge in [0.15, 0.2) is 0 Å². The summed E-state index contributed by atoms with van der Waals surface area (Å²) in [6, 6.07) is 5.09. The summed E-state index contributed by atoms with van der Waals surface area (Å²) >= 11 is 0. The van der Waals surface area contributed by atoms with Crippen molar-refractivity contribution < 1.29 is 0 Å². The number of hydrogen-bond acceptors (Lipinski definition) is 4. The summed E-state index contributed by atoms with van der Waals surface area (Å²) in [5, 5.41) is 3.26. The molecule has 4 heteroatoms. The molecular weight excluding hydrogens is 260 g/mol. The van der Waals surface area contributed by atoms with E-state index < -0.39 is 0 Å². The van der Waals surface area contributed by atoms with Crippen molar-refractivity contribution in [3.8, 4) is 0 Å². The molecule has 21 heavy (non-hydrogen) atoms. The molecule has 2 heterocycles. The van der Waals surface area contributed by atoms with E-state index in [2.05, 4.69) is 55.2 Å². The maximum absolute atomic E-state index is 4.93. The predicted molar refractivity (Wildman–Crippen MR) is 90.0 cm³/mol. The maximum Gasteiger partial charge on any atom is 0.129 e. The van der Waals surface area contributed by atoms with Crippen LogP contribution in [0.2, 0.25) is 0 Å². The lowest BCUT2D eigenvalue weighted by atomic mass is 10.1. The molecule has 4 nitrogen and oxygen atoms in total. The second-order valence-electron chi connectivity index (χ2n) is 6.70. The van der Waals surface area contributed by atoms with Crippen LogP contribution < -0.4 is 10.2 Å². The van der Waals surface area contributed by atoms with Crippen molar-refractivity contribution in [3.05, 3.63) is 23.4 Å². The molecule has 0 amide bonds. The second kappa shape index (κ2) is 7.23. The minimum absolute atomic E-state index is 0.468. The summed E-state index contributed by atoms with van der Waals surface area (Å²) in [5.41, 5.74) is 2.54. The Balaban J connectivity index is 2.28. The van der Waals surface area contributed by atoms with Crippen molar-refractivity contribution in [2.24, 2.45) is 0 Å². The molecule has 1 atom stereocenters. The number of likely N-dealkylation sites (N-methyl/N-ethyl adjacent to an activating group) is 1. The molecule has 0 aliphatic carbocycles. The Labute approximate surface area is 129 Å². The highest BCUT2D eigenvalue weighted by molar-refractivity contribution is 5.45. The van der Waals surface area contributed by atoms with Gasteiger partial charge in [-0.3, -0.25) is 0 Å². The molecule has 1 fully saturated rings. The van der Waals surface area contributed by atoms with Gasteiger partial charge in [0.05, 0.1) is 0 Å². The third kappa shape index (κ3) is 4.17. The lowest BCUT2D eigenvalue weighted by Gasteiger charge is -2.29. The van der Waals surface area contributed by atoms with Crippen LogP contribution in [0.4, 0.5) is 5.82 Å². The van der Waals surface area contributed by atoms with Crippen LogP contribution in [-0.4, -0.2) is 50.2 Å². The molecule has 0 saturated carbocycles. The smallest absolute Gasteiger partial charge is 0.129 e. The maximum atomic E-state index is 4.93. The zero-order chi connectivity index (χ0) is 15.4. The highest BCUT2D eigenvalue weighted by Gasteiger charge is 2.26. The van der Waals surface area contributed by atoms with Crippen LogP contribution in [0.5, 0.6) is 0 Å². The average molecular weight is 290 g/mol. The van der Waals surface area contributed by atoms with E-state index in [1.165, 1.54) is 24.1 Å². The first-order chi connectivity index (χ1) is 10.0. The van der Waals surface area contributed by atoms with E-state index in [1.807, 2.05) is 7.05 Å². The third-order valence-electron chi connectivity index (χ3n) is 4.11. The Hall–Kier alpha value is -1.13. The van der Waals surface area contributed by atoms with E-state index in [-0.39, 0.29) is 0 Å². The molecule has 1 aromatic rings. The Bertz CT molecular complexity index is 456. The third-order valence-corrected chi connectivity index (χ3v) is 4.11. The van der Waals surface area contributed by atoms with Gasteiger partial charge in [-0.1, -0.05) is 13.8 Å². The quantitative estimate of drug-likeness (QED) is 0.872. The summed E-state index contributed by atoms with van der Waals surface area (Å²) in [4.78, 5) is 9.72. The molecular formula is C17H30N4. The van der Waals surface area contributed by atoms with Crippen molar-refractivity contribution in [1.82, 2.24) is 15.2 Å². The van der Waals surface area contributed by atoms with Crippen LogP contribution in [0, 0.1) is 0 Å². The summed E-state index contributed by atoms with van der Waals surface area (Å²) in [5.74, 6) is 1.63. The molecule has 1 unspecified atom stereocenters. The Morgan fingerprint density at radius 3 is 2.76 bits per heavy atom. The Kier molecular flexibility index (Phi) is 5.59. The largest absolute Gasteiger partial charge is 0.352 e. The Morgan fingerprint density at radius 2 is 2.14 bits per heavy atom. The first kappa shape index (κ1) is 16.2. The standard InChI is InChI=1S/C17H30N4/c1-13(2)16-9-14(11-18-3)10-17(19-16)21-8-6-7-15(21)12-20(4)5/h9-10,13,15,18H,6-8,11-12H2,1-5H3. The topological polar surface area (TPSA) is 31.4 Å². The molecule has 0 radical (unpaired) electrons. The number of pyridine rings is 1. The van der Waals surface area contributed by atoms with Crippen molar-refractivity contribution in [3.63, 3.8) is 0 Å². The van der Waals surface area contributed by atoms with Gasteiger partial charge in [0.25, 0.3) is 0 Å². The van der Waals surface area contributed by atoms with Gasteiger partial charge in [-0.15, -0.1) is 0 Å². The second-order valence-corrected chi connectivity index (χ2v) is 6.70. The van der Waals surface area contributed by atoms with Gasteiger partial charge in [-0.05, 0) is 57.6 Å². The fourth-order valence-corrected chi connectivity index (χ4v) is 3.09. The zero-order valence-electron chi connectivity index (χ0n) is 14.2. The number of rotatable bonds is 6. The molecule has 1 aromatic heterocycles. The summed E-state index contributed by atoms with van der Waals surface area (Å²) < 4.78 is 0. The minimum atomic E-state index is 0.468. The van der Waals surface area contributed by atoms with E-state index in [0.29, 0.717) is 12.0 Å². The molecule has 1 aliphatic rings. The molecule has 0 spiro atoms. The van der Waals surface area contributed by atoms with Crippen molar-refractivity contribution in [2.75, 3.05) is 39.1 Å². The van der Waals surface area contributed by atoms with E-state index in [9.17, 15) is 0 Å². The predicted octanol–water partition coefficient (Wildman–Crippen LogP) is 2.45. The zero-order valence-corrected chi connectivity index (χ0v) is 14.2. The molecule has 1 N–H and O–H groups in total. The molecule has 1 aliphatic heterocycles. The van der Waals surface area contributed by atoms with Gasteiger partial charge in [0, 0.05) is 31.4 Å². The van der Waals surface area contributed by atoms with Gasteiger partial charge < -0.3 is 15.1 Å². The Morgan fingerprint density at radius 1 is 1.38 bits per heavy atom. The van der Waals surface area contributed by atoms with Crippen molar-refractivity contribution in [1.29, 1.82) is 0 Å². The number of hydrogen-bond donors (Lipinski definition) is 1. The number of anilines is 1. The van der Waals surface area contributed by atoms with Crippen molar-refractivity contribution >= 4 is 5.82 Å². The minimum Gasteiger partial charge on any atom is -0.352 e. The van der Waals surface area contributed by atoms with Crippen LogP contribution in [0.3, 0.4) is 0 Å². The number of nitrogens with one attached hydrogen (secondary N) is 1. The molecule has 2 rings (SSSR count). The van der Waals surface area contributed by atoms with E-state index in [0.717, 1.165) is 25.5 Å². The normalized spacial score (nSPS) is 19.0. The van der Waals surface area contributed by atoms with E-state index >= 15 is 0 Å². The van der Waals surface area contributed by atoms with Crippen LogP contribution in [0.15, 0.2) is 12.1 Å². The van der Waals surface area contributed by atoms with Crippen molar-refractivity contribution in [2.45, 2.75) is 45.2 Å². The van der Waals surface area contributed by atoms with Crippen LogP contribution >= 0.6 is 0 Å². The fourth-order valence-electron chi connectivity index (χ4n) is 3.09. The van der Waals surface area contributed by atoms with Gasteiger partial charge in [0.2, 0.25) is 0 Å². The summed E-state index contributed by atoms with van der Waals surface area (Å²) in [6.45, 7) is 7.58. The first-order valence-corrected chi connectivity index (χ1v) is 8.08. The van der Waals surface area contributed by atoms with E-state index in [4.69, 9.17) is 4.98 Å². The van der Waals surface area contributed by atoms with E-state index in [1.54, 1.807) is 0 Å². The molecule has 118 valence electrons. The number of nitrogens with zero attached hydrogens (tertiary/aromatic N) is 3. The summed E-state index contributed by atoms with van der Waals surface area (Å²) in [6.07, 6.45) is 2.54.